The number of aryl methyl sites for hydroxylation is 1. The van der Waals surface area contributed by atoms with Crippen LogP contribution in [0.25, 0.3) is 0 Å². The van der Waals surface area contributed by atoms with Gasteiger partial charge in [0.15, 0.2) is 5.11 Å². The molecule has 0 aromatic heterocycles. The fourth-order valence-corrected chi connectivity index (χ4v) is 3.97. The third-order valence-electron chi connectivity index (χ3n) is 5.31. The topological polar surface area (TPSA) is 44.4 Å². The predicted molar refractivity (Wildman–Crippen MR) is 127 cm³/mol. The van der Waals surface area contributed by atoms with Crippen LogP contribution >= 0.6 is 12.2 Å². The Kier molecular flexibility index (Phi) is 6.10. The van der Waals surface area contributed by atoms with Crippen LogP contribution in [-0.4, -0.2) is 17.6 Å². The summed E-state index contributed by atoms with van der Waals surface area (Å²) >= 11 is 5.64. The van der Waals surface area contributed by atoms with E-state index in [1.54, 1.807) is 0 Å². The minimum Gasteiger partial charge on any atom is -0.352 e. The van der Waals surface area contributed by atoms with E-state index in [9.17, 15) is 4.79 Å². The van der Waals surface area contributed by atoms with E-state index in [4.69, 9.17) is 12.2 Å². The van der Waals surface area contributed by atoms with Crippen LogP contribution in [-0.2, 0) is 4.79 Å². The highest BCUT2D eigenvalue weighted by Crippen LogP contribution is 2.25. The Morgan fingerprint density at radius 3 is 2.40 bits per heavy atom. The molecule has 1 saturated heterocycles. The van der Waals surface area contributed by atoms with Crippen molar-refractivity contribution in [3.8, 4) is 0 Å². The molecule has 0 unspecified atom stereocenters. The molecule has 1 atom stereocenters. The second-order valence-corrected chi connectivity index (χ2v) is 7.96. The van der Waals surface area contributed by atoms with E-state index in [2.05, 4.69) is 54.0 Å². The summed E-state index contributed by atoms with van der Waals surface area (Å²) in [4.78, 5) is 13.9. The van der Waals surface area contributed by atoms with E-state index in [1.807, 2.05) is 47.4 Å². The fourth-order valence-electron chi connectivity index (χ4n) is 3.73. The normalized spacial score (nSPS) is 14.4. The molecular formula is C25H25N3OS. The molecule has 30 heavy (non-hydrogen) atoms. The third-order valence-corrected chi connectivity index (χ3v) is 5.53. The van der Waals surface area contributed by atoms with Crippen LogP contribution < -0.4 is 15.5 Å². The molecule has 0 saturated carbocycles. The number of benzene rings is 3. The third kappa shape index (κ3) is 4.69. The zero-order valence-corrected chi connectivity index (χ0v) is 17.8. The van der Waals surface area contributed by atoms with Gasteiger partial charge in [0.2, 0.25) is 5.91 Å². The molecule has 1 fully saturated rings. The van der Waals surface area contributed by atoms with Crippen molar-refractivity contribution in [2.45, 2.75) is 25.8 Å². The molecule has 1 aliphatic rings. The molecular weight excluding hydrogens is 390 g/mol. The van der Waals surface area contributed by atoms with E-state index < -0.39 is 0 Å². The second-order valence-electron chi connectivity index (χ2n) is 7.55. The smallest absolute Gasteiger partial charge is 0.227 e. The summed E-state index contributed by atoms with van der Waals surface area (Å²) in [6, 6.07) is 26.5. The average molecular weight is 416 g/mol. The molecule has 1 amide bonds. The van der Waals surface area contributed by atoms with Crippen LogP contribution in [0.15, 0.2) is 78.9 Å². The highest BCUT2D eigenvalue weighted by atomic mass is 32.1. The van der Waals surface area contributed by atoms with Crippen molar-refractivity contribution in [3.63, 3.8) is 0 Å². The summed E-state index contributed by atoms with van der Waals surface area (Å²) in [5.41, 5.74) is 5.28. The minimum atomic E-state index is -0.0601. The molecule has 1 heterocycles. The van der Waals surface area contributed by atoms with Crippen molar-refractivity contribution < 1.29 is 4.79 Å². The molecule has 3 aromatic carbocycles. The van der Waals surface area contributed by atoms with Gasteiger partial charge in [-0.25, -0.2) is 0 Å². The van der Waals surface area contributed by atoms with Gasteiger partial charge in [0.05, 0.1) is 6.04 Å². The van der Waals surface area contributed by atoms with Gasteiger partial charge < -0.3 is 15.5 Å². The SMILES string of the molecule is Cc1ccc([C@@H](NC(=S)Nc2cccc(N3CCCC3=O)c2)c2ccccc2)cc1. The molecule has 1 aliphatic heterocycles. The maximum Gasteiger partial charge on any atom is 0.227 e. The largest absolute Gasteiger partial charge is 0.352 e. The summed E-state index contributed by atoms with van der Waals surface area (Å²) in [5.74, 6) is 0.177. The molecule has 0 aliphatic carbocycles. The van der Waals surface area contributed by atoms with Gasteiger partial charge in [-0.3, -0.25) is 4.79 Å². The fraction of sp³-hybridized carbons (Fsp3) is 0.200. The Labute approximate surface area is 182 Å². The number of carbonyl (C=O) groups excluding carboxylic acids is 1. The standard InChI is InChI=1S/C25H25N3OS/c1-18-12-14-20(15-13-18)24(19-7-3-2-4-8-19)27-25(30)26-21-9-5-10-22(17-21)28-16-6-11-23(28)29/h2-5,7-10,12-15,17,24H,6,11,16H2,1H3,(H2,26,27,30)/t24-/m0/s1. The van der Waals surface area contributed by atoms with E-state index in [0.717, 1.165) is 35.5 Å². The van der Waals surface area contributed by atoms with Crippen LogP contribution in [0, 0.1) is 6.92 Å². The summed E-state index contributed by atoms with van der Waals surface area (Å²) in [6.45, 7) is 2.85. The quantitative estimate of drug-likeness (QED) is 0.563. The maximum atomic E-state index is 12.1. The van der Waals surface area contributed by atoms with Crippen LogP contribution in [0.4, 0.5) is 11.4 Å². The summed E-state index contributed by atoms with van der Waals surface area (Å²) < 4.78 is 0. The highest BCUT2D eigenvalue weighted by Gasteiger charge is 2.22. The van der Waals surface area contributed by atoms with Crippen molar-refractivity contribution in [2.75, 3.05) is 16.8 Å². The van der Waals surface area contributed by atoms with Crippen molar-refractivity contribution >= 4 is 34.6 Å². The number of thiocarbonyl (C=S) groups is 1. The maximum absolute atomic E-state index is 12.1. The van der Waals surface area contributed by atoms with Gasteiger partial charge >= 0.3 is 0 Å². The molecule has 2 N–H and O–H groups in total. The number of hydrogen-bond acceptors (Lipinski definition) is 2. The molecule has 0 bridgehead atoms. The second kappa shape index (κ2) is 9.09. The van der Waals surface area contributed by atoms with Gasteiger partial charge in [0.1, 0.15) is 0 Å². The monoisotopic (exact) mass is 415 g/mol. The Balaban J connectivity index is 1.52. The summed E-state index contributed by atoms with van der Waals surface area (Å²) in [5, 5.41) is 7.28. The Bertz CT molecular complexity index is 1030. The van der Waals surface area contributed by atoms with Gasteiger partial charge in [-0.2, -0.15) is 0 Å². The Morgan fingerprint density at radius 2 is 1.70 bits per heavy atom. The highest BCUT2D eigenvalue weighted by molar-refractivity contribution is 7.80. The van der Waals surface area contributed by atoms with Crippen LogP contribution in [0.1, 0.15) is 35.6 Å². The predicted octanol–water partition coefficient (Wildman–Crippen LogP) is 5.20. The lowest BCUT2D eigenvalue weighted by molar-refractivity contribution is -0.117. The first-order chi connectivity index (χ1) is 14.6. The van der Waals surface area contributed by atoms with Gasteiger partial charge in [-0.05, 0) is 54.9 Å². The van der Waals surface area contributed by atoms with Gasteiger partial charge in [0, 0.05) is 24.3 Å². The van der Waals surface area contributed by atoms with Gasteiger partial charge in [-0.15, -0.1) is 0 Å². The lowest BCUT2D eigenvalue weighted by atomic mass is 9.98. The lowest BCUT2D eigenvalue weighted by Gasteiger charge is -2.23. The molecule has 3 aromatic rings. The van der Waals surface area contributed by atoms with Crippen molar-refractivity contribution in [2.24, 2.45) is 0 Å². The Morgan fingerprint density at radius 1 is 0.967 bits per heavy atom. The van der Waals surface area contributed by atoms with Crippen LogP contribution in [0.5, 0.6) is 0 Å². The number of amides is 1. The first-order valence-electron chi connectivity index (χ1n) is 10.2. The molecule has 0 spiro atoms. The number of nitrogens with one attached hydrogen (secondary N) is 2. The average Bonchev–Trinajstić information content (AvgIpc) is 3.19. The zero-order valence-electron chi connectivity index (χ0n) is 17.0. The number of anilines is 2. The molecule has 5 heteroatoms. The molecule has 0 radical (unpaired) electrons. The van der Waals surface area contributed by atoms with E-state index >= 15 is 0 Å². The number of rotatable bonds is 5. The van der Waals surface area contributed by atoms with E-state index in [1.165, 1.54) is 5.56 Å². The summed E-state index contributed by atoms with van der Waals surface area (Å²) in [6.07, 6.45) is 1.53. The number of hydrogen-bond donors (Lipinski definition) is 2. The van der Waals surface area contributed by atoms with Crippen molar-refractivity contribution in [1.29, 1.82) is 0 Å². The molecule has 4 nitrogen and oxygen atoms in total. The minimum absolute atomic E-state index is 0.0601. The molecule has 4 rings (SSSR count). The van der Waals surface area contributed by atoms with E-state index in [0.29, 0.717) is 11.5 Å². The number of carbonyl (C=O) groups is 1. The number of nitrogens with zero attached hydrogens (tertiary/aromatic N) is 1. The first-order valence-corrected chi connectivity index (χ1v) is 10.6. The Hall–Kier alpha value is -3.18. The molecule has 152 valence electrons. The summed E-state index contributed by atoms with van der Waals surface area (Å²) in [7, 11) is 0. The van der Waals surface area contributed by atoms with E-state index in [-0.39, 0.29) is 11.9 Å². The van der Waals surface area contributed by atoms with Crippen molar-refractivity contribution in [1.82, 2.24) is 5.32 Å². The lowest BCUT2D eigenvalue weighted by Crippen LogP contribution is -2.33. The van der Waals surface area contributed by atoms with Gasteiger partial charge in [0.25, 0.3) is 0 Å². The van der Waals surface area contributed by atoms with Crippen LogP contribution in [0.3, 0.4) is 0 Å². The first kappa shape index (κ1) is 20.1. The van der Waals surface area contributed by atoms with Gasteiger partial charge in [-0.1, -0.05) is 66.2 Å². The van der Waals surface area contributed by atoms with Crippen molar-refractivity contribution in [3.05, 3.63) is 95.6 Å². The van der Waals surface area contributed by atoms with Crippen LogP contribution in [0.2, 0.25) is 0 Å². The zero-order chi connectivity index (χ0) is 20.9.